The summed E-state index contributed by atoms with van der Waals surface area (Å²) < 4.78 is 33.5. The first-order chi connectivity index (χ1) is 17.2. The second-order valence-corrected chi connectivity index (χ2v) is 11.8. The Bertz CT molecular complexity index is 1180. The lowest BCUT2D eigenvalue weighted by Gasteiger charge is -2.37. The number of benzene rings is 1. The van der Waals surface area contributed by atoms with Crippen molar-refractivity contribution in [1.82, 2.24) is 14.2 Å². The Kier molecular flexibility index (Phi) is 8.20. The summed E-state index contributed by atoms with van der Waals surface area (Å²) in [4.78, 5) is 30.6. The highest BCUT2D eigenvalue weighted by Crippen LogP contribution is 2.32. The molecular formula is C27H37N3O5S. The van der Waals surface area contributed by atoms with Gasteiger partial charge < -0.3 is 14.6 Å². The Hall–Kier alpha value is -2.65. The van der Waals surface area contributed by atoms with Crippen LogP contribution >= 0.6 is 0 Å². The summed E-state index contributed by atoms with van der Waals surface area (Å²) in [6, 6.07) is 10.5. The van der Waals surface area contributed by atoms with Gasteiger partial charge in [0.25, 0.3) is 0 Å². The first-order valence-corrected chi connectivity index (χ1v) is 14.4. The van der Waals surface area contributed by atoms with Crippen LogP contribution in [0.15, 0.2) is 35.2 Å². The lowest BCUT2D eigenvalue weighted by molar-refractivity contribution is -0.138. The Morgan fingerprint density at radius 3 is 2.22 bits per heavy atom. The fraction of sp³-hybridized carbons (Fsp3) is 0.556. The van der Waals surface area contributed by atoms with Crippen LogP contribution in [0.5, 0.6) is 0 Å². The molecule has 0 bridgehead atoms. The summed E-state index contributed by atoms with van der Waals surface area (Å²) in [5, 5.41) is 0. The second kappa shape index (κ2) is 11.2. The molecule has 196 valence electrons. The zero-order valence-corrected chi connectivity index (χ0v) is 22.3. The fourth-order valence-electron chi connectivity index (χ4n) is 5.57. The maximum absolute atomic E-state index is 13.5. The second-order valence-electron chi connectivity index (χ2n) is 9.94. The number of aryl methyl sites for hydroxylation is 2. The number of ether oxygens (including phenoxy) is 1. The van der Waals surface area contributed by atoms with Crippen LogP contribution in [0.25, 0.3) is 0 Å². The van der Waals surface area contributed by atoms with Gasteiger partial charge in [0.05, 0.1) is 6.61 Å². The summed E-state index contributed by atoms with van der Waals surface area (Å²) in [6.45, 7) is 7.23. The standard InChI is InChI=1S/C27H37N3O5S/c1-4-35-27(32)24-19(2)28-20(3)25(24)36(33,34)30-16-12-23(13-17-30)26(31)29-14-10-22(11-15-29)18-21-8-6-5-7-9-21/h5-9,22-23,28H,4,10-18H2,1-3H3. The van der Waals surface area contributed by atoms with E-state index < -0.39 is 16.0 Å². The molecule has 0 radical (unpaired) electrons. The molecular weight excluding hydrogens is 478 g/mol. The number of aromatic nitrogens is 1. The molecule has 2 fully saturated rings. The zero-order chi connectivity index (χ0) is 25.9. The van der Waals surface area contributed by atoms with Gasteiger partial charge in [0.1, 0.15) is 10.5 Å². The lowest BCUT2D eigenvalue weighted by atomic mass is 9.89. The minimum atomic E-state index is -3.90. The minimum absolute atomic E-state index is 0.0104. The van der Waals surface area contributed by atoms with E-state index in [0.29, 0.717) is 30.1 Å². The molecule has 1 aromatic heterocycles. The first-order valence-electron chi connectivity index (χ1n) is 12.9. The van der Waals surface area contributed by atoms with Gasteiger partial charge >= 0.3 is 5.97 Å². The molecule has 1 amide bonds. The van der Waals surface area contributed by atoms with Gasteiger partial charge in [-0.2, -0.15) is 4.31 Å². The highest BCUT2D eigenvalue weighted by atomic mass is 32.2. The van der Waals surface area contributed by atoms with Gasteiger partial charge in [0, 0.05) is 43.5 Å². The van der Waals surface area contributed by atoms with Crippen molar-refractivity contribution in [3.05, 3.63) is 52.8 Å². The average Bonchev–Trinajstić information content (AvgIpc) is 3.19. The van der Waals surface area contributed by atoms with E-state index >= 15 is 0 Å². The van der Waals surface area contributed by atoms with Crippen molar-refractivity contribution in [3.63, 3.8) is 0 Å². The third-order valence-corrected chi connectivity index (χ3v) is 9.56. The van der Waals surface area contributed by atoms with Crippen LogP contribution in [0, 0.1) is 25.7 Å². The molecule has 3 heterocycles. The summed E-state index contributed by atoms with van der Waals surface area (Å²) in [7, 11) is -3.90. The topological polar surface area (TPSA) is 99.8 Å². The number of hydrogen-bond acceptors (Lipinski definition) is 5. The third-order valence-electron chi connectivity index (χ3n) is 7.49. The van der Waals surface area contributed by atoms with Gasteiger partial charge in [-0.15, -0.1) is 0 Å². The van der Waals surface area contributed by atoms with Gasteiger partial charge in [-0.05, 0) is 64.4 Å². The summed E-state index contributed by atoms with van der Waals surface area (Å²) in [6.07, 6.45) is 4.01. The van der Waals surface area contributed by atoms with Gasteiger partial charge in [0.2, 0.25) is 15.9 Å². The number of hydrogen-bond donors (Lipinski definition) is 1. The van der Waals surface area contributed by atoms with Gasteiger partial charge in [-0.1, -0.05) is 30.3 Å². The molecule has 0 saturated carbocycles. The predicted octanol–water partition coefficient (Wildman–Crippen LogP) is 3.69. The minimum Gasteiger partial charge on any atom is -0.462 e. The van der Waals surface area contributed by atoms with Gasteiger partial charge in [0.15, 0.2) is 0 Å². The number of carbonyl (C=O) groups is 2. The molecule has 0 spiro atoms. The number of H-pyrrole nitrogens is 1. The monoisotopic (exact) mass is 515 g/mol. The van der Waals surface area contributed by atoms with E-state index in [1.54, 1.807) is 20.8 Å². The van der Waals surface area contributed by atoms with Crippen molar-refractivity contribution in [1.29, 1.82) is 0 Å². The van der Waals surface area contributed by atoms with Crippen molar-refractivity contribution in [2.75, 3.05) is 32.8 Å². The Morgan fingerprint density at radius 2 is 1.61 bits per heavy atom. The van der Waals surface area contributed by atoms with Crippen LogP contribution in [0.3, 0.4) is 0 Å². The van der Waals surface area contributed by atoms with Crippen LogP contribution < -0.4 is 0 Å². The maximum Gasteiger partial charge on any atom is 0.341 e. The van der Waals surface area contributed by atoms with E-state index in [0.717, 1.165) is 32.4 Å². The largest absolute Gasteiger partial charge is 0.462 e. The van der Waals surface area contributed by atoms with Crippen molar-refractivity contribution < 1.29 is 22.7 Å². The quantitative estimate of drug-likeness (QED) is 0.567. The number of aromatic amines is 1. The number of nitrogens with one attached hydrogen (secondary N) is 1. The molecule has 36 heavy (non-hydrogen) atoms. The van der Waals surface area contributed by atoms with E-state index in [1.165, 1.54) is 9.87 Å². The van der Waals surface area contributed by atoms with E-state index in [-0.39, 0.29) is 42.0 Å². The molecule has 4 rings (SSSR count). The number of nitrogens with zero attached hydrogens (tertiary/aromatic N) is 2. The number of likely N-dealkylation sites (tertiary alicyclic amines) is 1. The Balaban J connectivity index is 1.35. The Morgan fingerprint density at radius 1 is 0.972 bits per heavy atom. The molecule has 2 saturated heterocycles. The molecule has 0 atom stereocenters. The smallest absolute Gasteiger partial charge is 0.341 e. The van der Waals surface area contributed by atoms with Crippen LogP contribution in [0.4, 0.5) is 0 Å². The molecule has 2 aliphatic rings. The normalized spacial score (nSPS) is 18.4. The molecule has 2 aromatic rings. The summed E-state index contributed by atoms with van der Waals surface area (Å²) in [5.41, 5.74) is 2.32. The van der Waals surface area contributed by atoms with E-state index in [9.17, 15) is 18.0 Å². The molecule has 0 unspecified atom stereocenters. The number of rotatable bonds is 7. The highest BCUT2D eigenvalue weighted by Gasteiger charge is 2.38. The lowest BCUT2D eigenvalue weighted by Crippen LogP contribution is -2.46. The maximum atomic E-state index is 13.5. The van der Waals surface area contributed by atoms with Crippen molar-refractivity contribution in [2.45, 2.75) is 57.8 Å². The van der Waals surface area contributed by atoms with Crippen LogP contribution in [-0.4, -0.2) is 67.3 Å². The molecule has 1 aromatic carbocycles. The molecule has 9 heteroatoms. The number of carbonyl (C=O) groups excluding carboxylic acids is 2. The van der Waals surface area contributed by atoms with Crippen molar-refractivity contribution in [3.8, 4) is 0 Å². The van der Waals surface area contributed by atoms with Crippen LogP contribution in [0.1, 0.15) is 59.9 Å². The van der Waals surface area contributed by atoms with Crippen LogP contribution in [-0.2, 0) is 26.0 Å². The molecule has 8 nitrogen and oxygen atoms in total. The molecule has 0 aliphatic carbocycles. The summed E-state index contributed by atoms with van der Waals surface area (Å²) >= 11 is 0. The first kappa shape index (κ1) is 26.4. The van der Waals surface area contributed by atoms with Crippen LogP contribution in [0.2, 0.25) is 0 Å². The highest BCUT2D eigenvalue weighted by molar-refractivity contribution is 7.89. The average molecular weight is 516 g/mol. The third kappa shape index (κ3) is 5.52. The van der Waals surface area contributed by atoms with E-state index in [2.05, 4.69) is 29.2 Å². The SMILES string of the molecule is CCOC(=O)c1c(C)[nH]c(C)c1S(=O)(=O)N1CCC(C(=O)N2CCC(Cc3ccccc3)CC2)CC1. The van der Waals surface area contributed by atoms with Crippen molar-refractivity contribution >= 4 is 21.9 Å². The zero-order valence-electron chi connectivity index (χ0n) is 21.5. The van der Waals surface area contributed by atoms with E-state index in [1.807, 2.05) is 11.0 Å². The Labute approximate surface area is 214 Å². The van der Waals surface area contributed by atoms with Gasteiger partial charge in [-0.3, -0.25) is 4.79 Å². The number of esters is 1. The number of sulfonamides is 1. The van der Waals surface area contributed by atoms with Crippen molar-refractivity contribution in [2.24, 2.45) is 11.8 Å². The summed E-state index contributed by atoms with van der Waals surface area (Å²) in [5.74, 6) is -0.0736. The van der Waals surface area contributed by atoms with Gasteiger partial charge in [-0.25, -0.2) is 13.2 Å². The number of amides is 1. The number of piperidine rings is 2. The fourth-order valence-corrected chi connectivity index (χ4v) is 7.45. The van der Waals surface area contributed by atoms with E-state index in [4.69, 9.17) is 4.74 Å². The predicted molar refractivity (Wildman–Crippen MR) is 137 cm³/mol. The molecule has 1 N–H and O–H groups in total. The molecule has 2 aliphatic heterocycles.